The van der Waals surface area contributed by atoms with E-state index in [1.807, 2.05) is 0 Å². The molecule has 7 heteroatoms. The first-order valence-corrected chi connectivity index (χ1v) is 5.73. The van der Waals surface area contributed by atoms with Crippen LogP contribution in [0.4, 0.5) is 18.9 Å². The highest BCUT2D eigenvalue weighted by Crippen LogP contribution is 2.37. The number of hydrogen-bond donors (Lipinski definition) is 2. The first-order chi connectivity index (χ1) is 8.79. The topological polar surface area (TPSA) is 72.3 Å². The number of halogens is 3. The van der Waals surface area contributed by atoms with Gasteiger partial charge in [-0.15, -0.1) is 0 Å². The highest BCUT2D eigenvalue weighted by Gasteiger charge is 2.35. The van der Waals surface area contributed by atoms with E-state index >= 15 is 0 Å². The number of benzene rings is 1. The molecule has 4 nitrogen and oxygen atoms in total. The van der Waals surface area contributed by atoms with Crippen molar-refractivity contribution >= 4 is 11.6 Å². The number of nitrogens with two attached hydrogens (primary N) is 2. The lowest BCUT2D eigenvalue weighted by molar-refractivity contribution is -0.137. The molecule has 1 aromatic rings. The number of hydrogen-bond acceptors (Lipinski definition) is 3. The van der Waals surface area contributed by atoms with E-state index in [0.717, 1.165) is 6.07 Å². The van der Waals surface area contributed by atoms with Crippen LogP contribution in [0.5, 0.6) is 0 Å². The molecule has 0 aliphatic heterocycles. The zero-order valence-electron chi connectivity index (χ0n) is 10.5. The third-order valence-corrected chi connectivity index (χ3v) is 2.67. The Labute approximate surface area is 109 Å². The summed E-state index contributed by atoms with van der Waals surface area (Å²) in [6, 6.07) is 3.82. The van der Waals surface area contributed by atoms with Gasteiger partial charge >= 0.3 is 6.18 Å². The highest BCUT2D eigenvalue weighted by molar-refractivity contribution is 5.80. The van der Waals surface area contributed by atoms with Gasteiger partial charge < -0.3 is 16.4 Å². The van der Waals surface area contributed by atoms with E-state index in [2.05, 4.69) is 0 Å². The maximum atomic E-state index is 13.0. The fraction of sp³-hybridized carbons (Fsp3) is 0.417. The first-order valence-electron chi connectivity index (χ1n) is 5.73. The van der Waals surface area contributed by atoms with Crippen LogP contribution in [0.25, 0.3) is 0 Å². The fourth-order valence-corrected chi connectivity index (χ4v) is 1.77. The Morgan fingerprint density at radius 3 is 2.42 bits per heavy atom. The monoisotopic (exact) mass is 275 g/mol. The second kappa shape index (κ2) is 5.92. The van der Waals surface area contributed by atoms with Crippen molar-refractivity contribution in [1.29, 1.82) is 0 Å². The average molecular weight is 275 g/mol. The number of carbonyl (C=O) groups is 1. The molecule has 1 aromatic carbocycles. The number of carbonyl (C=O) groups excluding carboxylic acids is 1. The molecule has 4 N–H and O–H groups in total. The smallest absolute Gasteiger partial charge is 0.368 e. The summed E-state index contributed by atoms with van der Waals surface area (Å²) in [5.41, 5.74) is 9.90. The fourth-order valence-electron chi connectivity index (χ4n) is 1.77. The lowest BCUT2D eigenvalue weighted by Gasteiger charge is -2.25. The molecule has 1 amide bonds. The molecule has 0 heterocycles. The second-order valence-electron chi connectivity index (χ2n) is 4.03. The Kier molecular flexibility index (Phi) is 4.77. The summed E-state index contributed by atoms with van der Waals surface area (Å²) < 4.78 is 39.0. The van der Waals surface area contributed by atoms with E-state index in [1.54, 1.807) is 6.92 Å². The third-order valence-electron chi connectivity index (χ3n) is 2.67. The van der Waals surface area contributed by atoms with Crippen molar-refractivity contribution in [2.24, 2.45) is 11.5 Å². The van der Waals surface area contributed by atoms with E-state index in [4.69, 9.17) is 11.5 Å². The van der Waals surface area contributed by atoms with Gasteiger partial charge in [0.2, 0.25) is 5.91 Å². The van der Waals surface area contributed by atoms with Crippen LogP contribution in [0.3, 0.4) is 0 Å². The molecule has 0 aliphatic carbocycles. The van der Waals surface area contributed by atoms with Crippen LogP contribution in [0, 0.1) is 0 Å². The number of likely N-dealkylation sites (N-methyl/N-ethyl adjacent to an activating group) is 1. The van der Waals surface area contributed by atoms with E-state index < -0.39 is 17.6 Å². The van der Waals surface area contributed by atoms with Crippen molar-refractivity contribution in [3.8, 4) is 0 Å². The van der Waals surface area contributed by atoms with Crippen LogP contribution in [-0.4, -0.2) is 19.0 Å². The minimum Gasteiger partial charge on any atom is -0.368 e. The van der Waals surface area contributed by atoms with Gasteiger partial charge in [-0.3, -0.25) is 4.79 Å². The van der Waals surface area contributed by atoms with Gasteiger partial charge in [0.15, 0.2) is 0 Å². The van der Waals surface area contributed by atoms with Gasteiger partial charge in [-0.2, -0.15) is 13.2 Å². The molecule has 1 rings (SSSR count). The summed E-state index contributed by atoms with van der Waals surface area (Å²) in [5.74, 6) is -0.683. The minimum absolute atomic E-state index is 0.0192. The lowest BCUT2D eigenvalue weighted by Crippen LogP contribution is -2.35. The number of amides is 1. The number of primary amides is 1. The van der Waals surface area contributed by atoms with E-state index in [1.165, 1.54) is 17.0 Å². The predicted octanol–water partition coefficient (Wildman–Crippen LogP) is 1.48. The van der Waals surface area contributed by atoms with Gasteiger partial charge in [0.1, 0.15) is 0 Å². The maximum Gasteiger partial charge on any atom is 0.418 e. The molecule has 19 heavy (non-hydrogen) atoms. The Morgan fingerprint density at radius 2 is 2.00 bits per heavy atom. The molecule has 0 unspecified atom stereocenters. The third kappa shape index (κ3) is 3.85. The zero-order valence-corrected chi connectivity index (χ0v) is 10.5. The molecule has 0 saturated carbocycles. The maximum absolute atomic E-state index is 13.0. The second-order valence-corrected chi connectivity index (χ2v) is 4.03. The molecule has 0 fully saturated rings. The van der Waals surface area contributed by atoms with Crippen molar-refractivity contribution in [2.45, 2.75) is 19.6 Å². The van der Waals surface area contributed by atoms with Crippen LogP contribution in [-0.2, 0) is 17.5 Å². The Balaban J connectivity index is 3.28. The molecule has 0 saturated heterocycles. The summed E-state index contributed by atoms with van der Waals surface area (Å²) >= 11 is 0. The quantitative estimate of drug-likeness (QED) is 0.854. The summed E-state index contributed by atoms with van der Waals surface area (Å²) in [6.45, 7) is 1.65. The average Bonchev–Trinajstić information content (AvgIpc) is 2.34. The molecular formula is C12H16F3N3O. The van der Waals surface area contributed by atoms with Crippen LogP contribution < -0.4 is 16.4 Å². The van der Waals surface area contributed by atoms with E-state index in [0.29, 0.717) is 5.56 Å². The number of anilines is 1. The van der Waals surface area contributed by atoms with Gasteiger partial charge in [0.25, 0.3) is 0 Å². The van der Waals surface area contributed by atoms with Crippen molar-refractivity contribution in [3.05, 3.63) is 29.3 Å². The highest BCUT2D eigenvalue weighted by atomic mass is 19.4. The Hall–Kier alpha value is -1.76. The first kappa shape index (κ1) is 15.3. The molecular weight excluding hydrogens is 259 g/mol. The normalized spacial score (nSPS) is 11.4. The van der Waals surface area contributed by atoms with Gasteiger partial charge in [0.05, 0.1) is 12.1 Å². The molecule has 0 spiro atoms. The van der Waals surface area contributed by atoms with E-state index in [-0.39, 0.29) is 25.3 Å². The number of rotatable bonds is 5. The van der Waals surface area contributed by atoms with Gasteiger partial charge in [-0.25, -0.2) is 0 Å². The van der Waals surface area contributed by atoms with Crippen LogP contribution >= 0.6 is 0 Å². The largest absolute Gasteiger partial charge is 0.418 e. The summed E-state index contributed by atoms with van der Waals surface area (Å²) in [4.78, 5) is 12.2. The summed E-state index contributed by atoms with van der Waals surface area (Å²) in [6.07, 6.45) is -4.51. The SMILES string of the molecule is CCN(CC(N)=O)c1ccc(CN)cc1C(F)(F)F. The van der Waals surface area contributed by atoms with Gasteiger partial charge in [-0.05, 0) is 24.6 Å². The van der Waals surface area contributed by atoms with Gasteiger partial charge in [0, 0.05) is 18.8 Å². The molecule has 0 bridgehead atoms. The van der Waals surface area contributed by atoms with Gasteiger partial charge in [-0.1, -0.05) is 6.07 Å². The Morgan fingerprint density at radius 1 is 1.37 bits per heavy atom. The lowest BCUT2D eigenvalue weighted by atomic mass is 10.1. The van der Waals surface area contributed by atoms with Crippen LogP contribution in [0.2, 0.25) is 0 Å². The summed E-state index contributed by atoms with van der Waals surface area (Å²) in [5, 5.41) is 0. The van der Waals surface area contributed by atoms with Crippen molar-refractivity contribution < 1.29 is 18.0 Å². The van der Waals surface area contributed by atoms with Crippen molar-refractivity contribution in [1.82, 2.24) is 0 Å². The molecule has 0 radical (unpaired) electrons. The van der Waals surface area contributed by atoms with Crippen LogP contribution in [0.15, 0.2) is 18.2 Å². The number of alkyl halides is 3. The standard InChI is InChI=1S/C12H16F3N3O/c1-2-18(7-11(17)19)10-4-3-8(6-16)5-9(10)12(13,14)15/h3-5H,2,6-7,16H2,1H3,(H2,17,19). The molecule has 0 aliphatic rings. The van der Waals surface area contributed by atoms with Crippen molar-refractivity contribution in [2.75, 3.05) is 18.0 Å². The number of nitrogens with zero attached hydrogens (tertiary/aromatic N) is 1. The van der Waals surface area contributed by atoms with Crippen molar-refractivity contribution in [3.63, 3.8) is 0 Å². The Bertz CT molecular complexity index is 460. The zero-order chi connectivity index (χ0) is 14.6. The molecule has 106 valence electrons. The molecule has 0 aromatic heterocycles. The van der Waals surface area contributed by atoms with Crippen LogP contribution in [0.1, 0.15) is 18.1 Å². The summed E-state index contributed by atoms with van der Waals surface area (Å²) in [7, 11) is 0. The predicted molar refractivity (Wildman–Crippen MR) is 66.4 cm³/mol. The molecule has 0 atom stereocenters. The minimum atomic E-state index is -4.51. The van der Waals surface area contributed by atoms with E-state index in [9.17, 15) is 18.0 Å².